The van der Waals surface area contributed by atoms with Gasteiger partial charge in [0.05, 0.1) is 44.1 Å². The zero-order valence-corrected chi connectivity index (χ0v) is 51.3. The van der Waals surface area contributed by atoms with Crippen molar-refractivity contribution in [2.75, 3.05) is 0 Å². The van der Waals surface area contributed by atoms with Gasteiger partial charge in [-0.15, -0.1) is 0 Å². The summed E-state index contributed by atoms with van der Waals surface area (Å²) in [5, 5.41) is 17.6. The van der Waals surface area contributed by atoms with Crippen LogP contribution in [0.5, 0.6) is 0 Å². The SMILES string of the molecule is c1ccc(-c2ccc(-n3c4ccccc4c4cc(-c5ccc6c(c5)c5ccccc5n6-c5ccc6ccccc6c5)ccc43)cc2)cc1.c1ccc2cc(-n3c4ccccc4c4cc(-c5ccc6c(c5)c5ccccc5n6-c5ccc6ccccc6c5)ccc43)ccc2c1. The van der Waals surface area contributed by atoms with Gasteiger partial charge < -0.3 is 18.3 Å². The highest BCUT2D eigenvalue weighted by Crippen LogP contribution is 2.42. The number of aromatic nitrogens is 4. The molecule has 0 aliphatic heterocycles. The van der Waals surface area contributed by atoms with Crippen LogP contribution in [0.25, 0.3) is 176 Å². The van der Waals surface area contributed by atoms with Crippen LogP contribution in [-0.2, 0) is 0 Å². The van der Waals surface area contributed by atoms with E-state index in [-0.39, 0.29) is 0 Å². The van der Waals surface area contributed by atoms with E-state index >= 15 is 0 Å². The van der Waals surface area contributed by atoms with E-state index in [0.717, 1.165) is 5.69 Å². The molecule has 4 aromatic heterocycles. The van der Waals surface area contributed by atoms with E-state index in [0.29, 0.717) is 0 Å². The van der Waals surface area contributed by atoms with E-state index in [1.165, 1.54) is 170 Å². The largest absolute Gasteiger partial charge is 0.309 e. The minimum atomic E-state index is 1.16. The maximum Gasteiger partial charge on any atom is 0.0541 e. The van der Waals surface area contributed by atoms with Crippen molar-refractivity contribution in [2.45, 2.75) is 0 Å². The van der Waals surface area contributed by atoms with Crippen LogP contribution in [0.2, 0.25) is 0 Å². The van der Waals surface area contributed by atoms with Crippen LogP contribution in [-0.4, -0.2) is 18.3 Å². The summed E-state index contributed by atoms with van der Waals surface area (Å²) in [6.07, 6.45) is 0. The Hall–Kier alpha value is -12.5. The van der Waals surface area contributed by atoms with E-state index in [2.05, 4.69) is 370 Å². The molecular weight excluding hydrogens is 1140 g/mol. The summed E-state index contributed by atoms with van der Waals surface area (Å²) in [6, 6.07) is 128. The second-order valence-corrected chi connectivity index (χ2v) is 24.8. The number of para-hydroxylation sites is 4. The molecule has 94 heavy (non-hydrogen) atoms. The van der Waals surface area contributed by atoms with Crippen LogP contribution in [0, 0.1) is 0 Å². The first-order valence-corrected chi connectivity index (χ1v) is 32.4. The van der Waals surface area contributed by atoms with Crippen LogP contribution < -0.4 is 0 Å². The number of fused-ring (bicyclic) bond motifs is 15. The maximum atomic E-state index is 2.40. The fourth-order valence-corrected chi connectivity index (χ4v) is 15.1. The Morgan fingerprint density at radius 2 is 0.362 bits per heavy atom. The highest BCUT2D eigenvalue weighted by atomic mass is 15.0. The molecule has 0 atom stereocenters. The molecule has 0 bridgehead atoms. The fourth-order valence-electron chi connectivity index (χ4n) is 15.1. The third-order valence-electron chi connectivity index (χ3n) is 19.6. The summed E-state index contributed by atoms with van der Waals surface area (Å²) in [6.45, 7) is 0. The molecule has 16 aromatic carbocycles. The first kappa shape index (κ1) is 53.3. The molecule has 20 aromatic rings. The molecule has 4 heterocycles. The Morgan fingerprint density at radius 1 is 0.128 bits per heavy atom. The van der Waals surface area contributed by atoms with E-state index in [1.807, 2.05) is 0 Å². The van der Waals surface area contributed by atoms with E-state index in [4.69, 9.17) is 0 Å². The highest BCUT2D eigenvalue weighted by Gasteiger charge is 2.20. The van der Waals surface area contributed by atoms with Gasteiger partial charge in [-0.25, -0.2) is 0 Å². The van der Waals surface area contributed by atoms with Crippen molar-refractivity contribution < 1.29 is 0 Å². The summed E-state index contributed by atoms with van der Waals surface area (Å²) in [5.41, 5.74) is 21.8. The van der Waals surface area contributed by atoms with Gasteiger partial charge in [0.15, 0.2) is 0 Å². The summed E-state index contributed by atoms with van der Waals surface area (Å²) in [4.78, 5) is 0. The smallest absolute Gasteiger partial charge is 0.0541 e. The zero-order valence-electron chi connectivity index (χ0n) is 51.3. The highest BCUT2D eigenvalue weighted by molar-refractivity contribution is 6.15. The zero-order chi connectivity index (χ0) is 61.8. The van der Waals surface area contributed by atoms with Gasteiger partial charge in [0.2, 0.25) is 0 Å². The van der Waals surface area contributed by atoms with Crippen molar-refractivity contribution >= 4 is 120 Å². The minimum Gasteiger partial charge on any atom is -0.309 e. The minimum absolute atomic E-state index is 1.16. The predicted octanol–water partition coefficient (Wildman–Crippen LogP) is 24.2. The molecule has 438 valence electrons. The van der Waals surface area contributed by atoms with Gasteiger partial charge in [-0.05, 0) is 187 Å². The maximum absolute atomic E-state index is 2.40. The van der Waals surface area contributed by atoms with Crippen molar-refractivity contribution in [3.05, 3.63) is 352 Å². The van der Waals surface area contributed by atoms with Crippen LogP contribution in [0.1, 0.15) is 0 Å². The molecule has 0 saturated carbocycles. The van der Waals surface area contributed by atoms with Crippen LogP contribution in [0.4, 0.5) is 0 Å². The quantitative estimate of drug-likeness (QED) is 0.152. The molecule has 0 N–H and O–H groups in total. The molecule has 0 radical (unpaired) electrons. The molecule has 20 rings (SSSR count). The average molecular weight is 1200 g/mol. The molecule has 0 aliphatic carbocycles. The number of rotatable bonds is 7. The third-order valence-corrected chi connectivity index (χ3v) is 19.6. The monoisotopic (exact) mass is 1190 g/mol. The van der Waals surface area contributed by atoms with Gasteiger partial charge in [0.1, 0.15) is 0 Å². The van der Waals surface area contributed by atoms with Crippen LogP contribution in [0.15, 0.2) is 352 Å². The molecule has 0 saturated heterocycles. The van der Waals surface area contributed by atoms with Crippen molar-refractivity contribution in [1.82, 2.24) is 18.3 Å². The molecule has 4 heteroatoms. The van der Waals surface area contributed by atoms with Gasteiger partial charge in [-0.3, -0.25) is 0 Å². The lowest BCUT2D eigenvalue weighted by molar-refractivity contribution is 1.18. The van der Waals surface area contributed by atoms with Gasteiger partial charge in [0, 0.05) is 65.8 Å². The third kappa shape index (κ3) is 8.69. The first-order chi connectivity index (χ1) is 46.6. The van der Waals surface area contributed by atoms with Crippen molar-refractivity contribution in [1.29, 1.82) is 0 Å². The summed E-state index contributed by atoms with van der Waals surface area (Å²) < 4.78 is 9.60. The van der Waals surface area contributed by atoms with Crippen LogP contribution >= 0.6 is 0 Å². The lowest BCUT2D eigenvalue weighted by Crippen LogP contribution is -1.94. The fraction of sp³-hybridized carbons (Fsp3) is 0. The number of nitrogens with zero attached hydrogens (tertiary/aromatic N) is 4. The Balaban J connectivity index is 0.000000134. The van der Waals surface area contributed by atoms with E-state index < -0.39 is 0 Å². The number of hydrogen-bond donors (Lipinski definition) is 0. The van der Waals surface area contributed by atoms with Gasteiger partial charge in [0.25, 0.3) is 0 Å². The lowest BCUT2D eigenvalue weighted by atomic mass is 10.0. The van der Waals surface area contributed by atoms with Crippen molar-refractivity contribution in [3.8, 4) is 56.1 Å². The normalized spacial score (nSPS) is 11.8. The van der Waals surface area contributed by atoms with Crippen molar-refractivity contribution in [3.63, 3.8) is 0 Å². The standard InChI is InChI=1S/C46H30N2.C44H28N2/c1-2-10-31(11-3-1)33-18-23-37(24-19-33)47-43-16-8-6-14-39(43)41-29-35(21-26-45(41)47)36-22-27-46-42(30-36)40-15-7-9-17-44(40)48(46)38-25-20-32-12-4-5-13-34(32)28-38;1-3-11-31-25-35(21-17-29(31)9-1)45-41-15-7-5-13-37(41)39-27-33(19-23-43(39)45)34-20-24-44-40(28-34)38-14-6-8-16-42(38)46(44)36-22-18-30-10-2-4-12-32(30)26-36/h1-30H;1-28H. The number of benzene rings is 16. The molecule has 0 fully saturated rings. The second-order valence-electron chi connectivity index (χ2n) is 24.8. The average Bonchev–Trinajstić information content (AvgIpc) is 1.62. The Labute approximate surface area is 542 Å². The van der Waals surface area contributed by atoms with E-state index in [1.54, 1.807) is 0 Å². The topological polar surface area (TPSA) is 19.7 Å². The molecule has 0 amide bonds. The van der Waals surface area contributed by atoms with Gasteiger partial charge in [-0.2, -0.15) is 0 Å². The lowest BCUT2D eigenvalue weighted by Gasteiger charge is -2.11. The van der Waals surface area contributed by atoms with E-state index in [9.17, 15) is 0 Å². The molecule has 0 spiro atoms. The van der Waals surface area contributed by atoms with Crippen molar-refractivity contribution in [2.24, 2.45) is 0 Å². The summed E-state index contributed by atoms with van der Waals surface area (Å²) >= 11 is 0. The molecule has 0 aliphatic rings. The summed E-state index contributed by atoms with van der Waals surface area (Å²) in [5.74, 6) is 0. The van der Waals surface area contributed by atoms with Gasteiger partial charge in [-0.1, -0.05) is 231 Å². The number of hydrogen-bond acceptors (Lipinski definition) is 0. The van der Waals surface area contributed by atoms with Gasteiger partial charge >= 0.3 is 0 Å². The molecule has 0 unspecified atom stereocenters. The molecule has 4 nitrogen and oxygen atoms in total. The first-order valence-electron chi connectivity index (χ1n) is 32.4. The molecular formula is C90H58N4. The predicted molar refractivity (Wildman–Crippen MR) is 399 cm³/mol. The Morgan fingerprint density at radius 3 is 0.691 bits per heavy atom. The Bertz CT molecular complexity index is 6220. The second kappa shape index (κ2) is 21.6. The van der Waals surface area contributed by atoms with Crippen LogP contribution in [0.3, 0.4) is 0 Å². The Kier molecular flexibility index (Phi) is 12.3. The summed E-state index contributed by atoms with van der Waals surface area (Å²) in [7, 11) is 0.